The van der Waals surface area contributed by atoms with Gasteiger partial charge in [0.15, 0.2) is 0 Å². The summed E-state index contributed by atoms with van der Waals surface area (Å²) in [6.07, 6.45) is 1.26. The van der Waals surface area contributed by atoms with Gasteiger partial charge in [0, 0.05) is 6.54 Å². The van der Waals surface area contributed by atoms with Crippen molar-refractivity contribution in [2.24, 2.45) is 5.92 Å². The molecule has 0 aromatic rings. The van der Waals surface area contributed by atoms with Crippen LogP contribution in [0.1, 0.15) is 6.42 Å². The number of halogens is 1. The fourth-order valence-electron chi connectivity index (χ4n) is 1.05. The van der Waals surface area contributed by atoms with E-state index in [1.54, 1.807) is 0 Å². The summed E-state index contributed by atoms with van der Waals surface area (Å²) >= 11 is 5.09. The van der Waals surface area contributed by atoms with Gasteiger partial charge in [0.1, 0.15) is 0 Å². The smallest absolute Gasteiger partial charge is 0.230 e. The molecule has 4 heteroatoms. The number of hydrogen-bond acceptors (Lipinski definition) is 2. The van der Waals surface area contributed by atoms with E-state index in [1.807, 2.05) is 11.8 Å². The van der Waals surface area contributed by atoms with Gasteiger partial charge in [-0.3, -0.25) is 4.79 Å². The minimum Gasteiger partial charge on any atom is -0.355 e. The molecule has 1 aliphatic rings. The normalized spacial score (nSPS) is 23.5. The molecule has 0 aliphatic carbocycles. The average molecular weight is 238 g/mol. The molecule has 1 aliphatic heterocycles. The lowest BCUT2D eigenvalue weighted by Crippen LogP contribution is -2.29. The third-order valence-electron chi connectivity index (χ3n) is 1.73. The third kappa shape index (κ3) is 3.47. The van der Waals surface area contributed by atoms with Crippen molar-refractivity contribution in [3.05, 3.63) is 0 Å². The second kappa shape index (κ2) is 5.04. The number of carbonyl (C=O) groups excluding carboxylic acids is 1. The van der Waals surface area contributed by atoms with Crippen LogP contribution in [0.5, 0.6) is 0 Å². The van der Waals surface area contributed by atoms with Crippen LogP contribution in [0.4, 0.5) is 0 Å². The second-order valence-electron chi connectivity index (χ2n) is 2.67. The van der Waals surface area contributed by atoms with E-state index in [0.717, 1.165) is 6.54 Å². The Morgan fingerprint density at radius 2 is 2.55 bits per heavy atom. The van der Waals surface area contributed by atoms with Gasteiger partial charge < -0.3 is 5.32 Å². The van der Waals surface area contributed by atoms with Gasteiger partial charge in [0.05, 0.1) is 5.33 Å². The van der Waals surface area contributed by atoms with Crippen molar-refractivity contribution in [3.63, 3.8) is 0 Å². The van der Waals surface area contributed by atoms with E-state index in [2.05, 4.69) is 21.2 Å². The van der Waals surface area contributed by atoms with Gasteiger partial charge in [-0.2, -0.15) is 11.8 Å². The molecule has 1 rings (SSSR count). The minimum atomic E-state index is 0.0990. The highest BCUT2D eigenvalue weighted by Crippen LogP contribution is 2.22. The van der Waals surface area contributed by atoms with E-state index >= 15 is 0 Å². The van der Waals surface area contributed by atoms with Crippen LogP contribution in [0.15, 0.2) is 0 Å². The van der Waals surface area contributed by atoms with Crippen molar-refractivity contribution in [3.8, 4) is 0 Å². The Hall–Kier alpha value is 0.300. The van der Waals surface area contributed by atoms with E-state index < -0.39 is 0 Å². The summed E-state index contributed by atoms with van der Waals surface area (Å²) in [5.74, 6) is 3.28. The van der Waals surface area contributed by atoms with E-state index in [1.165, 1.54) is 17.9 Å². The van der Waals surface area contributed by atoms with Gasteiger partial charge >= 0.3 is 0 Å². The maximum absolute atomic E-state index is 10.8. The summed E-state index contributed by atoms with van der Waals surface area (Å²) in [4.78, 5) is 10.8. The van der Waals surface area contributed by atoms with Gasteiger partial charge in [-0.15, -0.1) is 0 Å². The summed E-state index contributed by atoms with van der Waals surface area (Å²) in [7, 11) is 0. The molecule has 0 radical (unpaired) electrons. The molecular weight excluding hydrogens is 226 g/mol. The first kappa shape index (κ1) is 9.39. The van der Waals surface area contributed by atoms with Crippen LogP contribution in [0, 0.1) is 5.92 Å². The molecule has 64 valence electrons. The van der Waals surface area contributed by atoms with Crippen molar-refractivity contribution in [1.82, 2.24) is 5.32 Å². The molecule has 1 heterocycles. The van der Waals surface area contributed by atoms with Crippen LogP contribution in [0.25, 0.3) is 0 Å². The highest BCUT2D eigenvalue weighted by atomic mass is 79.9. The van der Waals surface area contributed by atoms with Crippen molar-refractivity contribution >= 4 is 33.6 Å². The predicted octanol–water partition coefficient (Wildman–Crippen LogP) is 1.25. The topological polar surface area (TPSA) is 29.1 Å². The molecule has 0 saturated carbocycles. The molecule has 0 bridgehead atoms. The van der Waals surface area contributed by atoms with Crippen molar-refractivity contribution in [1.29, 1.82) is 0 Å². The average Bonchev–Trinajstić information content (AvgIpc) is 2.52. The first-order valence-corrected chi connectivity index (χ1v) is 6.01. The van der Waals surface area contributed by atoms with Crippen LogP contribution in [-0.2, 0) is 4.79 Å². The fourth-order valence-corrected chi connectivity index (χ4v) is 2.53. The Morgan fingerprint density at radius 1 is 1.73 bits per heavy atom. The van der Waals surface area contributed by atoms with Crippen LogP contribution in [0.3, 0.4) is 0 Å². The first-order valence-electron chi connectivity index (χ1n) is 3.73. The molecule has 1 saturated heterocycles. The van der Waals surface area contributed by atoms with Gasteiger partial charge in [0.25, 0.3) is 0 Å². The quantitative estimate of drug-likeness (QED) is 0.750. The minimum absolute atomic E-state index is 0.0990. The molecule has 1 fully saturated rings. The molecule has 1 unspecified atom stereocenters. The lowest BCUT2D eigenvalue weighted by Gasteiger charge is -2.07. The SMILES string of the molecule is O=C(CBr)NCC1CCSC1. The summed E-state index contributed by atoms with van der Waals surface area (Å²) in [6.45, 7) is 0.859. The van der Waals surface area contributed by atoms with Gasteiger partial charge in [-0.25, -0.2) is 0 Å². The number of rotatable bonds is 3. The monoisotopic (exact) mass is 237 g/mol. The standard InChI is InChI=1S/C7H12BrNOS/c8-3-7(10)9-4-6-1-2-11-5-6/h6H,1-5H2,(H,9,10). The lowest BCUT2D eigenvalue weighted by molar-refractivity contribution is -0.118. The molecule has 11 heavy (non-hydrogen) atoms. The second-order valence-corrected chi connectivity index (χ2v) is 4.38. The number of thioether (sulfide) groups is 1. The fraction of sp³-hybridized carbons (Fsp3) is 0.857. The van der Waals surface area contributed by atoms with E-state index in [-0.39, 0.29) is 5.91 Å². The Balaban J connectivity index is 2.06. The molecule has 1 atom stereocenters. The highest BCUT2D eigenvalue weighted by molar-refractivity contribution is 9.09. The Labute approximate surface area is 79.6 Å². The summed E-state index contributed by atoms with van der Waals surface area (Å²) in [6, 6.07) is 0. The van der Waals surface area contributed by atoms with Crippen molar-refractivity contribution < 1.29 is 4.79 Å². The molecule has 0 aromatic carbocycles. The predicted molar refractivity (Wildman–Crippen MR) is 52.2 cm³/mol. The number of carbonyl (C=O) groups is 1. The number of nitrogens with one attached hydrogen (secondary N) is 1. The van der Waals surface area contributed by atoms with Crippen LogP contribution in [0.2, 0.25) is 0 Å². The maximum Gasteiger partial charge on any atom is 0.230 e. The summed E-state index contributed by atoms with van der Waals surface area (Å²) < 4.78 is 0. The van der Waals surface area contributed by atoms with Crippen LogP contribution >= 0.6 is 27.7 Å². The molecule has 0 aromatic heterocycles. The number of amides is 1. The van der Waals surface area contributed by atoms with Gasteiger partial charge in [-0.05, 0) is 23.8 Å². The summed E-state index contributed by atoms with van der Waals surface area (Å²) in [5, 5.41) is 3.30. The van der Waals surface area contributed by atoms with Crippen LogP contribution < -0.4 is 5.32 Å². The zero-order valence-electron chi connectivity index (χ0n) is 6.31. The van der Waals surface area contributed by atoms with E-state index in [4.69, 9.17) is 0 Å². The molecule has 0 spiro atoms. The van der Waals surface area contributed by atoms with Crippen molar-refractivity contribution in [2.45, 2.75) is 6.42 Å². The van der Waals surface area contributed by atoms with Crippen LogP contribution in [-0.4, -0.2) is 29.3 Å². The van der Waals surface area contributed by atoms with E-state index in [9.17, 15) is 4.79 Å². The number of hydrogen-bond donors (Lipinski definition) is 1. The van der Waals surface area contributed by atoms with Gasteiger partial charge in [0.2, 0.25) is 5.91 Å². The zero-order chi connectivity index (χ0) is 8.10. The molecule has 2 nitrogen and oxygen atoms in total. The molecule has 1 amide bonds. The Bertz CT molecular complexity index is 136. The largest absolute Gasteiger partial charge is 0.355 e. The number of alkyl halides is 1. The van der Waals surface area contributed by atoms with Gasteiger partial charge in [-0.1, -0.05) is 15.9 Å². The maximum atomic E-state index is 10.8. The lowest BCUT2D eigenvalue weighted by atomic mass is 10.1. The highest BCUT2D eigenvalue weighted by Gasteiger charge is 2.15. The summed E-state index contributed by atoms with van der Waals surface area (Å²) in [5.41, 5.74) is 0. The first-order chi connectivity index (χ1) is 5.33. The Kier molecular flexibility index (Phi) is 4.30. The molecular formula is C7H12BrNOS. The third-order valence-corrected chi connectivity index (χ3v) is 3.47. The van der Waals surface area contributed by atoms with E-state index in [0.29, 0.717) is 11.2 Å². The van der Waals surface area contributed by atoms with Crippen molar-refractivity contribution in [2.75, 3.05) is 23.4 Å². The Morgan fingerprint density at radius 3 is 3.09 bits per heavy atom. The zero-order valence-corrected chi connectivity index (χ0v) is 8.71. The molecule has 1 N–H and O–H groups in total.